The third-order valence-electron chi connectivity index (χ3n) is 5.63. The average Bonchev–Trinajstić information content (AvgIpc) is 3.21. The second-order valence-corrected chi connectivity index (χ2v) is 10.1. The summed E-state index contributed by atoms with van der Waals surface area (Å²) in [5, 5.41) is 14.8. The van der Waals surface area contributed by atoms with Crippen molar-refractivity contribution in [1.82, 2.24) is 14.7 Å². The van der Waals surface area contributed by atoms with E-state index in [0.29, 0.717) is 12.2 Å². The molecule has 0 bridgehead atoms. The molecular formula is C22H23F2N3O3S. The van der Waals surface area contributed by atoms with Gasteiger partial charge in [0.05, 0.1) is 29.3 Å². The quantitative estimate of drug-likeness (QED) is 0.651. The summed E-state index contributed by atoms with van der Waals surface area (Å²) in [6.07, 6.45) is 0.686. The summed E-state index contributed by atoms with van der Waals surface area (Å²) < 4.78 is 53.0. The minimum Gasteiger partial charge on any atom is -0.390 e. The predicted octanol–water partition coefficient (Wildman–Crippen LogP) is 2.72. The summed E-state index contributed by atoms with van der Waals surface area (Å²) in [5.41, 5.74) is 3.28. The highest BCUT2D eigenvalue weighted by molar-refractivity contribution is 7.91. The number of hydrogen-bond donors (Lipinski definition) is 1. The largest absolute Gasteiger partial charge is 0.390 e. The first-order valence-corrected chi connectivity index (χ1v) is 11.7. The minimum atomic E-state index is -3.30. The van der Waals surface area contributed by atoms with Crippen LogP contribution in [-0.2, 0) is 16.4 Å². The zero-order valence-electron chi connectivity index (χ0n) is 17.2. The molecule has 2 atom stereocenters. The number of halogens is 2. The number of aliphatic hydroxyl groups is 1. The topological polar surface area (TPSA) is 75.4 Å². The lowest BCUT2D eigenvalue weighted by molar-refractivity contribution is 0.0958. The maximum atomic E-state index is 14.4. The zero-order chi connectivity index (χ0) is 22.3. The monoisotopic (exact) mass is 447 g/mol. The molecule has 3 aromatic rings. The molecule has 2 aromatic carbocycles. The number of aryl methyl sites for hydroxylation is 1. The van der Waals surface area contributed by atoms with Gasteiger partial charge in [0.25, 0.3) is 0 Å². The van der Waals surface area contributed by atoms with Crippen LogP contribution in [0.2, 0.25) is 0 Å². The van der Waals surface area contributed by atoms with E-state index in [1.165, 1.54) is 16.8 Å². The SMILES string of the molecule is Cc1ccccc1-c1nn(-c2ccc(F)cc2F)cc1CN(C)[C@@H]1CS(=O)(=O)C[C@H]1O. The standard InChI is InChI=1S/C22H23F2N3O3S/c1-14-5-3-4-6-17(14)22-15(10-26(2)20-12-31(29,30)13-21(20)28)11-27(25-22)19-8-7-16(23)9-18(19)24/h3-9,11,20-21,28H,10,12-13H2,1-2H3/t20-,21-/m1/s1. The van der Waals surface area contributed by atoms with E-state index in [2.05, 4.69) is 5.10 Å². The van der Waals surface area contributed by atoms with Gasteiger partial charge in [-0.15, -0.1) is 0 Å². The van der Waals surface area contributed by atoms with Crippen molar-refractivity contribution in [3.05, 3.63) is 71.4 Å². The summed E-state index contributed by atoms with van der Waals surface area (Å²) >= 11 is 0. The third-order valence-corrected chi connectivity index (χ3v) is 7.32. The molecule has 1 N–H and O–H groups in total. The molecule has 1 aliphatic rings. The summed E-state index contributed by atoms with van der Waals surface area (Å²) in [6.45, 7) is 2.23. The number of benzene rings is 2. The highest BCUT2D eigenvalue weighted by Crippen LogP contribution is 2.29. The predicted molar refractivity (Wildman–Crippen MR) is 114 cm³/mol. The average molecular weight is 448 g/mol. The van der Waals surface area contributed by atoms with E-state index in [0.717, 1.165) is 22.8 Å². The van der Waals surface area contributed by atoms with Gasteiger partial charge in [0, 0.05) is 29.9 Å². The van der Waals surface area contributed by atoms with Crippen LogP contribution in [0, 0.1) is 18.6 Å². The van der Waals surface area contributed by atoms with Crippen LogP contribution in [0.25, 0.3) is 16.9 Å². The smallest absolute Gasteiger partial charge is 0.154 e. The Morgan fingerprint density at radius 2 is 1.94 bits per heavy atom. The van der Waals surface area contributed by atoms with Crippen molar-refractivity contribution >= 4 is 9.84 Å². The Hall–Kier alpha value is -2.62. The van der Waals surface area contributed by atoms with Crippen molar-refractivity contribution in [2.24, 2.45) is 0 Å². The highest BCUT2D eigenvalue weighted by Gasteiger charge is 2.39. The number of hydrogen-bond acceptors (Lipinski definition) is 5. The Morgan fingerprint density at radius 3 is 2.58 bits per heavy atom. The van der Waals surface area contributed by atoms with Crippen molar-refractivity contribution in [3.63, 3.8) is 0 Å². The van der Waals surface area contributed by atoms with Gasteiger partial charge in [-0.2, -0.15) is 5.10 Å². The van der Waals surface area contributed by atoms with Crippen LogP contribution >= 0.6 is 0 Å². The van der Waals surface area contributed by atoms with Gasteiger partial charge in [-0.25, -0.2) is 21.9 Å². The Bertz CT molecular complexity index is 1230. The molecule has 1 aromatic heterocycles. The molecule has 31 heavy (non-hydrogen) atoms. The first kappa shape index (κ1) is 21.6. The van der Waals surface area contributed by atoms with Crippen molar-refractivity contribution in [1.29, 1.82) is 0 Å². The molecule has 1 fully saturated rings. The Labute approximate surface area is 179 Å². The third kappa shape index (κ3) is 4.39. The lowest BCUT2D eigenvalue weighted by Gasteiger charge is -2.25. The van der Waals surface area contributed by atoms with Crippen LogP contribution in [-0.4, -0.2) is 58.9 Å². The molecule has 9 heteroatoms. The summed E-state index contributed by atoms with van der Waals surface area (Å²) in [6, 6.07) is 10.4. The Balaban J connectivity index is 1.75. The molecule has 0 unspecified atom stereocenters. The molecule has 1 aliphatic heterocycles. The minimum absolute atomic E-state index is 0.105. The van der Waals surface area contributed by atoms with Crippen LogP contribution in [0.4, 0.5) is 8.78 Å². The Kier molecular flexibility index (Phi) is 5.67. The van der Waals surface area contributed by atoms with E-state index in [9.17, 15) is 22.3 Å². The highest BCUT2D eigenvalue weighted by atomic mass is 32.2. The summed E-state index contributed by atoms with van der Waals surface area (Å²) in [7, 11) is -1.55. The van der Waals surface area contributed by atoms with Crippen LogP contribution in [0.15, 0.2) is 48.7 Å². The van der Waals surface area contributed by atoms with Gasteiger partial charge < -0.3 is 5.11 Å². The second-order valence-electron chi connectivity index (χ2n) is 7.98. The molecule has 0 radical (unpaired) electrons. The van der Waals surface area contributed by atoms with Crippen molar-refractivity contribution in [3.8, 4) is 16.9 Å². The van der Waals surface area contributed by atoms with Crippen molar-refractivity contribution in [2.75, 3.05) is 18.6 Å². The molecule has 4 rings (SSSR count). The fourth-order valence-electron chi connectivity index (χ4n) is 4.00. The normalized spacial score (nSPS) is 20.5. The van der Waals surface area contributed by atoms with E-state index in [-0.39, 0.29) is 17.2 Å². The van der Waals surface area contributed by atoms with Gasteiger partial charge in [0.2, 0.25) is 0 Å². The molecular weight excluding hydrogens is 424 g/mol. The second kappa shape index (κ2) is 8.14. The van der Waals surface area contributed by atoms with E-state index in [1.807, 2.05) is 31.2 Å². The molecule has 2 heterocycles. The molecule has 0 spiro atoms. The van der Waals surface area contributed by atoms with Gasteiger partial charge in [-0.1, -0.05) is 24.3 Å². The van der Waals surface area contributed by atoms with Crippen LogP contribution in [0.1, 0.15) is 11.1 Å². The zero-order valence-corrected chi connectivity index (χ0v) is 18.0. The van der Waals surface area contributed by atoms with Crippen molar-refractivity contribution < 1.29 is 22.3 Å². The maximum Gasteiger partial charge on any atom is 0.154 e. The lowest BCUT2D eigenvalue weighted by atomic mass is 10.0. The fourth-order valence-corrected chi connectivity index (χ4v) is 5.87. The maximum absolute atomic E-state index is 14.4. The number of likely N-dealkylation sites (N-methyl/N-ethyl adjacent to an activating group) is 1. The first-order valence-electron chi connectivity index (χ1n) is 9.83. The van der Waals surface area contributed by atoms with E-state index < -0.39 is 33.6 Å². The molecule has 0 aliphatic carbocycles. The van der Waals surface area contributed by atoms with Crippen LogP contribution < -0.4 is 0 Å². The van der Waals surface area contributed by atoms with E-state index >= 15 is 0 Å². The summed E-state index contributed by atoms with van der Waals surface area (Å²) in [4.78, 5) is 1.78. The fraction of sp³-hybridized carbons (Fsp3) is 0.318. The van der Waals surface area contributed by atoms with Crippen molar-refractivity contribution in [2.45, 2.75) is 25.6 Å². The molecule has 0 saturated carbocycles. The van der Waals surface area contributed by atoms with Gasteiger partial charge in [-0.05, 0) is 31.7 Å². The number of sulfone groups is 1. The van der Waals surface area contributed by atoms with Gasteiger partial charge in [-0.3, -0.25) is 4.90 Å². The first-order chi connectivity index (χ1) is 14.6. The summed E-state index contributed by atoms with van der Waals surface area (Å²) in [5.74, 6) is -1.79. The molecule has 6 nitrogen and oxygen atoms in total. The van der Waals surface area contributed by atoms with Crippen LogP contribution in [0.5, 0.6) is 0 Å². The molecule has 164 valence electrons. The number of nitrogens with zero attached hydrogens (tertiary/aromatic N) is 3. The lowest BCUT2D eigenvalue weighted by Crippen LogP contribution is -2.40. The number of aromatic nitrogens is 2. The molecule has 1 saturated heterocycles. The van der Waals surface area contributed by atoms with Gasteiger partial charge in [0.15, 0.2) is 15.7 Å². The molecule has 0 amide bonds. The number of aliphatic hydroxyl groups excluding tert-OH is 1. The van der Waals surface area contributed by atoms with Gasteiger partial charge >= 0.3 is 0 Å². The van der Waals surface area contributed by atoms with E-state index in [1.54, 1.807) is 18.1 Å². The van der Waals surface area contributed by atoms with Gasteiger partial charge in [0.1, 0.15) is 11.5 Å². The van der Waals surface area contributed by atoms with Crippen LogP contribution in [0.3, 0.4) is 0 Å². The number of rotatable bonds is 5. The van der Waals surface area contributed by atoms with E-state index in [4.69, 9.17) is 0 Å². The Morgan fingerprint density at radius 1 is 1.19 bits per heavy atom.